The molecule has 0 saturated carbocycles. The number of hydrogen-bond donors (Lipinski definition) is 2. The predicted octanol–water partition coefficient (Wildman–Crippen LogP) is 1.39. The molecule has 2 aliphatic rings. The van der Waals surface area contributed by atoms with Crippen LogP contribution in [0.2, 0.25) is 0 Å². The molecular weight excluding hydrogens is 398 g/mol. The zero-order valence-corrected chi connectivity index (χ0v) is 17.2. The number of rotatable bonds is 3. The van der Waals surface area contributed by atoms with E-state index < -0.39 is 5.69 Å². The van der Waals surface area contributed by atoms with Crippen molar-refractivity contribution in [2.24, 2.45) is 0 Å². The molecule has 10 nitrogen and oxygen atoms in total. The lowest BCUT2D eigenvalue weighted by Crippen LogP contribution is -2.38. The molecule has 2 fully saturated rings. The number of aromatic nitrogens is 5. The van der Waals surface area contributed by atoms with E-state index in [4.69, 9.17) is 0 Å². The number of likely N-dealkylation sites (tertiary alicyclic amines) is 2. The van der Waals surface area contributed by atoms with Gasteiger partial charge in [0, 0.05) is 32.4 Å². The van der Waals surface area contributed by atoms with Gasteiger partial charge in [0.1, 0.15) is 0 Å². The van der Waals surface area contributed by atoms with Gasteiger partial charge < -0.3 is 9.80 Å². The molecule has 0 aromatic carbocycles. The Morgan fingerprint density at radius 1 is 1.00 bits per heavy atom. The normalized spacial score (nSPS) is 17.9. The zero-order valence-electron chi connectivity index (χ0n) is 17.2. The number of carbonyl (C=O) groups excluding carboxylic acids is 2. The van der Waals surface area contributed by atoms with Crippen LogP contribution in [0.4, 0.5) is 0 Å². The van der Waals surface area contributed by atoms with Crippen LogP contribution in [0.15, 0.2) is 29.3 Å². The lowest BCUT2D eigenvalue weighted by molar-refractivity contribution is 0.0698. The third-order valence-corrected chi connectivity index (χ3v) is 6.38. The summed E-state index contributed by atoms with van der Waals surface area (Å²) in [5.74, 6) is 0.128. The summed E-state index contributed by atoms with van der Waals surface area (Å²) in [6.07, 6.45) is 8.48. The van der Waals surface area contributed by atoms with Gasteiger partial charge in [0.15, 0.2) is 0 Å². The Balaban J connectivity index is 1.31. The Morgan fingerprint density at radius 2 is 1.74 bits per heavy atom. The number of H-pyrrole nitrogens is 2. The van der Waals surface area contributed by atoms with Crippen molar-refractivity contribution in [1.82, 2.24) is 34.6 Å². The van der Waals surface area contributed by atoms with Crippen LogP contribution >= 0.6 is 0 Å². The number of fused-ring (bicyclic) bond motifs is 1. The van der Waals surface area contributed by atoms with Crippen LogP contribution in [0.3, 0.4) is 0 Å². The minimum atomic E-state index is -0.484. The molecule has 0 bridgehead atoms. The van der Waals surface area contributed by atoms with E-state index >= 15 is 0 Å². The van der Waals surface area contributed by atoms with Crippen molar-refractivity contribution in [3.05, 3.63) is 52.0 Å². The van der Waals surface area contributed by atoms with E-state index in [1.54, 1.807) is 15.6 Å². The van der Waals surface area contributed by atoms with Gasteiger partial charge in [0.2, 0.25) is 5.82 Å². The molecule has 0 spiro atoms. The van der Waals surface area contributed by atoms with Crippen molar-refractivity contribution in [3.8, 4) is 0 Å². The van der Waals surface area contributed by atoms with Crippen LogP contribution in [0.1, 0.15) is 64.6 Å². The lowest BCUT2D eigenvalue weighted by Gasteiger charge is -2.31. The minimum absolute atomic E-state index is 0.0463. The molecule has 162 valence electrons. The highest BCUT2D eigenvalue weighted by molar-refractivity contribution is 6.00. The summed E-state index contributed by atoms with van der Waals surface area (Å²) in [6, 6.07) is 4.11. The van der Waals surface area contributed by atoms with Crippen LogP contribution in [-0.4, -0.2) is 72.6 Å². The van der Waals surface area contributed by atoms with Crippen molar-refractivity contribution in [1.29, 1.82) is 0 Å². The molecule has 3 aromatic heterocycles. The summed E-state index contributed by atoms with van der Waals surface area (Å²) < 4.78 is 1.76. The van der Waals surface area contributed by atoms with E-state index in [-0.39, 0.29) is 17.6 Å². The van der Waals surface area contributed by atoms with Gasteiger partial charge in [0.05, 0.1) is 17.3 Å². The fourth-order valence-corrected chi connectivity index (χ4v) is 4.62. The second-order valence-electron chi connectivity index (χ2n) is 8.29. The molecule has 3 aromatic rings. The summed E-state index contributed by atoms with van der Waals surface area (Å²) in [5, 5.41) is 10.3. The average molecular weight is 423 g/mol. The topological polar surface area (TPSA) is 119 Å². The van der Waals surface area contributed by atoms with Gasteiger partial charge >= 0.3 is 5.69 Å². The Labute approximate surface area is 178 Å². The smallest absolute Gasteiger partial charge is 0.339 e. The van der Waals surface area contributed by atoms with Crippen LogP contribution in [0.25, 0.3) is 5.52 Å². The predicted molar refractivity (Wildman–Crippen MR) is 112 cm³/mol. The SMILES string of the molecule is O=C(c1n[nH]c(=O)[nH]1)N1CCC(c2ccn3ncc(C(=O)N4CCCCC4)c3c2)CC1. The van der Waals surface area contributed by atoms with Gasteiger partial charge in [-0.05, 0) is 55.7 Å². The minimum Gasteiger partial charge on any atom is -0.339 e. The Kier molecular flexibility index (Phi) is 5.05. The average Bonchev–Trinajstić information content (AvgIpc) is 3.44. The molecule has 5 rings (SSSR count). The number of nitrogens with one attached hydrogen (secondary N) is 2. The van der Waals surface area contributed by atoms with E-state index in [9.17, 15) is 14.4 Å². The molecule has 2 amide bonds. The maximum Gasteiger partial charge on any atom is 0.341 e. The number of pyridine rings is 1. The molecule has 2 saturated heterocycles. The Bertz CT molecular complexity index is 1160. The fourth-order valence-electron chi connectivity index (χ4n) is 4.62. The fraction of sp³-hybridized carbons (Fsp3) is 0.476. The van der Waals surface area contributed by atoms with E-state index in [0.717, 1.165) is 49.9 Å². The third-order valence-electron chi connectivity index (χ3n) is 6.38. The molecule has 0 unspecified atom stereocenters. The van der Waals surface area contributed by atoms with Crippen molar-refractivity contribution in [2.45, 2.75) is 38.0 Å². The molecule has 2 N–H and O–H groups in total. The Morgan fingerprint density at radius 3 is 2.45 bits per heavy atom. The van der Waals surface area contributed by atoms with Gasteiger partial charge in [-0.15, -0.1) is 5.10 Å². The monoisotopic (exact) mass is 423 g/mol. The molecule has 10 heteroatoms. The molecule has 0 atom stereocenters. The van der Waals surface area contributed by atoms with Crippen molar-refractivity contribution in [2.75, 3.05) is 26.2 Å². The molecule has 2 aliphatic heterocycles. The summed E-state index contributed by atoms with van der Waals surface area (Å²) in [5.41, 5.74) is 2.16. The highest BCUT2D eigenvalue weighted by Gasteiger charge is 2.27. The van der Waals surface area contributed by atoms with Crippen LogP contribution in [-0.2, 0) is 0 Å². The second-order valence-corrected chi connectivity index (χ2v) is 8.29. The first kappa shape index (κ1) is 19.5. The standard InChI is InChI=1S/C21H25N7O3/c29-19(26-7-2-1-3-8-26)16-13-22-28-11-6-15(12-17(16)28)14-4-9-27(10-5-14)20(30)18-23-21(31)25-24-18/h6,11-14H,1-5,7-10H2,(H2,23,24,25,31). The zero-order chi connectivity index (χ0) is 21.4. The van der Waals surface area contributed by atoms with Crippen LogP contribution in [0.5, 0.6) is 0 Å². The number of amides is 2. The quantitative estimate of drug-likeness (QED) is 0.660. The van der Waals surface area contributed by atoms with Gasteiger partial charge in [-0.2, -0.15) is 5.10 Å². The van der Waals surface area contributed by atoms with E-state index in [1.807, 2.05) is 17.2 Å². The third kappa shape index (κ3) is 3.73. The maximum absolute atomic E-state index is 13.0. The van der Waals surface area contributed by atoms with E-state index in [2.05, 4.69) is 26.3 Å². The lowest BCUT2D eigenvalue weighted by atomic mass is 9.89. The molecule has 0 radical (unpaired) electrons. The van der Waals surface area contributed by atoms with Gasteiger partial charge in [-0.1, -0.05) is 0 Å². The molecule has 31 heavy (non-hydrogen) atoms. The first-order valence-corrected chi connectivity index (χ1v) is 10.8. The van der Waals surface area contributed by atoms with Crippen LogP contribution in [0, 0.1) is 0 Å². The maximum atomic E-state index is 13.0. The number of aromatic amines is 2. The molecular formula is C21H25N7O3. The first-order valence-electron chi connectivity index (χ1n) is 10.8. The Hall–Kier alpha value is -3.43. The number of piperidine rings is 2. The van der Waals surface area contributed by atoms with Gasteiger partial charge in [-0.25, -0.2) is 14.4 Å². The number of nitrogens with zero attached hydrogens (tertiary/aromatic N) is 5. The largest absolute Gasteiger partial charge is 0.341 e. The summed E-state index contributed by atoms with van der Waals surface area (Å²) in [4.78, 5) is 42.8. The van der Waals surface area contributed by atoms with Crippen molar-refractivity contribution >= 4 is 17.3 Å². The summed E-state index contributed by atoms with van der Waals surface area (Å²) in [7, 11) is 0. The van der Waals surface area contributed by atoms with E-state index in [0.29, 0.717) is 24.6 Å². The van der Waals surface area contributed by atoms with Crippen molar-refractivity contribution < 1.29 is 9.59 Å². The first-order chi connectivity index (χ1) is 15.1. The van der Waals surface area contributed by atoms with Crippen molar-refractivity contribution in [3.63, 3.8) is 0 Å². The number of carbonyl (C=O) groups is 2. The highest BCUT2D eigenvalue weighted by Crippen LogP contribution is 2.30. The number of hydrogen-bond acceptors (Lipinski definition) is 5. The van der Waals surface area contributed by atoms with Gasteiger partial charge in [-0.3, -0.25) is 14.6 Å². The second kappa shape index (κ2) is 8.01. The van der Waals surface area contributed by atoms with Crippen LogP contribution < -0.4 is 5.69 Å². The highest BCUT2D eigenvalue weighted by atomic mass is 16.2. The van der Waals surface area contributed by atoms with E-state index in [1.165, 1.54) is 6.42 Å². The molecule has 5 heterocycles. The summed E-state index contributed by atoms with van der Waals surface area (Å²) in [6.45, 7) is 2.79. The summed E-state index contributed by atoms with van der Waals surface area (Å²) >= 11 is 0. The van der Waals surface area contributed by atoms with Gasteiger partial charge in [0.25, 0.3) is 11.8 Å². The molecule has 0 aliphatic carbocycles.